The van der Waals surface area contributed by atoms with Crippen LogP contribution in [0.2, 0.25) is 0 Å². The number of aliphatic hydroxyl groups is 1. The van der Waals surface area contributed by atoms with Gasteiger partial charge in [-0.1, -0.05) is 65.5 Å². The van der Waals surface area contributed by atoms with E-state index in [2.05, 4.69) is 50.2 Å². The molecule has 0 spiro atoms. The number of nitrogens with two attached hydrogens (primary N) is 1. The molecular weight excluding hydrogens is 498 g/mol. The Hall–Kier alpha value is -1.82. The zero-order valence-corrected chi connectivity index (χ0v) is 25.7. The van der Waals surface area contributed by atoms with E-state index in [1.54, 1.807) is 0 Å². The summed E-state index contributed by atoms with van der Waals surface area (Å²) in [5.41, 5.74) is 7.26. The van der Waals surface area contributed by atoms with Crippen molar-refractivity contribution in [2.75, 3.05) is 6.61 Å². The lowest BCUT2D eigenvalue weighted by Gasteiger charge is -2.61. The van der Waals surface area contributed by atoms with Crippen molar-refractivity contribution in [1.82, 2.24) is 9.55 Å². The molecule has 3 saturated carbocycles. The van der Waals surface area contributed by atoms with Gasteiger partial charge < -0.3 is 20.1 Å². The number of hydrogen-bond donors (Lipinski definition) is 2. The highest BCUT2D eigenvalue weighted by Gasteiger charge is 2.61. The molecule has 4 aliphatic carbocycles. The number of amides is 1. The molecule has 224 valence electrons. The Morgan fingerprint density at radius 2 is 1.95 bits per heavy atom. The Morgan fingerprint density at radius 1 is 1.15 bits per heavy atom. The Labute approximate surface area is 242 Å². The quantitative estimate of drug-likeness (QED) is 0.293. The lowest BCUT2D eigenvalue weighted by Crippen LogP contribution is -2.55. The molecule has 0 aliphatic heterocycles. The van der Waals surface area contributed by atoms with Gasteiger partial charge >= 0.3 is 6.09 Å². The average Bonchev–Trinajstić information content (AvgIpc) is 3.54. The first-order valence-corrected chi connectivity index (χ1v) is 16.3. The molecule has 0 bridgehead atoms. The third-order valence-corrected chi connectivity index (χ3v) is 12.5. The molecule has 2 unspecified atom stereocenters. The Morgan fingerprint density at radius 3 is 2.65 bits per heavy atom. The molecule has 1 aromatic heterocycles. The number of hydrogen-bond acceptors (Lipinski definition) is 4. The van der Waals surface area contributed by atoms with E-state index in [0.717, 1.165) is 36.5 Å². The fraction of sp³-hybridized carbons (Fsp3) is 0.824. The molecule has 0 aromatic carbocycles. The summed E-state index contributed by atoms with van der Waals surface area (Å²) >= 11 is 0. The van der Waals surface area contributed by atoms with Gasteiger partial charge in [0.2, 0.25) is 0 Å². The summed E-state index contributed by atoms with van der Waals surface area (Å²) in [5, 5.41) is 11.1. The molecule has 0 saturated heterocycles. The number of ether oxygens (including phenoxy) is 1. The minimum Gasteiger partial charge on any atom is -0.450 e. The molecule has 5 rings (SSSR count). The minimum atomic E-state index is -0.724. The SMILES string of the molecule is CC(C)CCC[C@@H](C)[C@H]1CC[C@H]2[C@@H]3CC=C4C[C@@H](O)CC(C(CCOC(N)=O)n5ccnc5)[C@]4(C)[C@H]3CC[C@]12C. The lowest BCUT2D eigenvalue weighted by molar-refractivity contribution is -0.0909. The number of imidazole rings is 1. The fourth-order valence-electron chi connectivity index (χ4n) is 10.7. The first kappa shape index (κ1) is 29.7. The number of aliphatic hydroxyl groups excluding tert-OH is 1. The van der Waals surface area contributed by atoms with Crippen LogP contribution in [0, 0.1) is 52.3 Å². The van der Waals surface area contributed by atoms with Crippen molar-refractivity contribution in [1.29, 1.82) is 0 Å². The van der Waals surface area contributed by atoms with Gasteiger partial charge in [0, 0.05) is 24.9 Å². The van der Waals surface area contributed by atoms with E-state index in [4.69, 9.17) is 10.5 Å². The fourth-order valence-corrected chi connectivity index (χ4v) is 10.7. The smallest absolute Gasteiger partial charge is 0.404 e. The van der Waals surface area contributed by atoms with Crippen LogP contribution in [0.4, 0.5) is 4.79 Å². The van der Waals surface area contributed by atoms with Crippen molar-refractivity contribution >= 4 is 6.09 Å². The molecule has 40 heavy (non-hydrogen) atoms. The predicted molar refractivity (Wildman–Crippen MR) is 159 cm³/mol. The molecule has 3 N–H and O–H groups in total. The predicted octanol–water partition coefficient (Wildman–Crippen LogP) is 7.54. The van der Waals surface area contributed by atoms with Crippen LogP contribution in [0.25, 0.3) is 0 Å². The Bertz CT molecular complexity index is 1040. The molecule has 3 fully saturated rings. The van der Waals surface area contributed by atoms with Gasteiger partial charge in [0.25, 0.3) is 0 Å². The second kappa shape index (κ2) is 11.8. The maximum absolute atomic E-state index is 11.4. The zero-order chi connectivity index (χ0) is 28.7. The van der Waals surface area contributed by atoms with Crippen molar-refractivity contribution in [2.45, 2.75) is 117 Å². The van der Waals surface area contributed by atoms with Crippen LogP contribution in [-0.4, -0.2) is 33.5 Å². The van der Waals surface area contributed by atoms with Crippen LogP contribution < -0.4 is 5.73 Å². The number of aromatic nitrogens is 2. The number of carbonyl (C=O) groups excluding carboxylic acids is 1. The standard InChI is InChI=1S/C34H55N3O3/c1-22(2)7-6-8-23(3)27-11-12-28-26-10-9-24-19-25(38)20-30(34(24,5)29(26)13-15-33(27,28)4)31(14-18-40-32(35)39)37-17-16-36-21-37/h9,16-17,21-23,25-31,38H,6-8,10-15,18-20H2,1-5H3,(H2,35,39)/t23-,25-,26+,27-,28+,29+,30?,31?,33-,34+/m1/s1. The summed E-state index contributed by atoms with van der Waals surface area (Å²) in [7, 11) is 0. The largest absolute Gasteiger partial charge is 0.450 e. The lowest BCUT2D eigenvalue weighted by atomic mass is 9.44. The van der Waals surface area contributed by atoms with Gasteiger partial charge in [-0.2, -0.15) is 0 Å². The van der Waals surface area contributed by atoms with E-state index in [1.807, 2.05) is 18.7 Å². The average molecular weight is 554 g/mol. The van der Waals surface area contributed by atoms with Crippen molar-refractivity contribution in [2.24, 2.45) is 58.0 Å². The second-order valence-electron chi connectivity index (χ2n) is 14.9. The van der Waals surface area contributed by atoms with Crippen molar-refractivity contribution in [3.05, 3.63) is 30.4 Å². The van der Waals surface area contributed by atoms with Crippen LogP contribution >= 0.6 is 0 Å². The monoisotopic (exact) mass is 553 g/mol. The number of allylic oxidation sites excluding steroid dienone is 1. The van der Waals surface area contributed by atoms with E-state index in [-0.39, 0.29) is 30.1 Å². The first-order chi connectivity index (χ1) is 19.1. The molecular formula is C34H55N3O3. The van der Waals surface area contributed by atoms with Gasteiger partial charge in [0.1, 0.15) is 0 Å². The minimum absolute atomic E-state index is 0.0199. The van der Waals surface area contributed by atoms with E-state index in [9.17, 15) is 9.90 Å². The molecule has 10 atom stereocenters. The van der Waals surface area contributed by atoms with Crippen LogP contribution in [0.5, 0.6) is 0 Å². The third kappa shape index (κ3) is 5.39. The summed E-state index contributed by atoms with van der Waals surface area (Å²) in [6.45, 7) is 12.7. The molecule has 1 amide bonds. The number of nitrogens with zero attached hydrogens (tertiary/aromatic N) is 2. The second-order valence-corrected chi connectivity index (χ2v) is 14.9. The molecule has 0 radical (unpaired) electrons. The topological polar surface area (TPSA) is 90.4 Å². The van der Waals surface area contributed by atoms with Crippen LogP contribution in [0.15, 0.2) is 30.4 Å². The van der Waals surface area contributed by atoms with E-state index in [1.165, 1.54) is 56.9 Å². The molecule has 6 nitrogen and oxygen atoms in total. The maximum atomic E-state index is 11.4. The van der Waals surface area contributed by atoms with Crippen LogP contribution in [0.1, 0.15) is 111 Å². The number of carbonyl (C=O) groups is 1. The van der Waals surface area contributed by atoms with Gasteiger partial charge in [-0.05, 0) is 97.2 Å². The highest BCUT2D eigenvalue weighted by atomic mass is 16.5. The van der Waals surface area contributed by atoms with E-state index in [0.29, 0.717) is 23.7 Å². The molecule has 1 aromatic rings. The molecule has 1 heterocycles. The summed E-state index contributed by atoms with van der Waals surface area (Å²) in [5.74, 6) is 4.83. The highest BCUT2D eigenvalue weighted by molar-refractivity contribution is 5.64. The molecule has 4 aliphatic rings. The highest BCUT2D eigenvalue weighted by Crippen LogP contribution is 2.69. The Kier molecular flexibility index (Phi) is 8.76. The summed E-state index contributed by atoms with van der Waals surface area (Å²) in [4.78, 5) is 15.8. The number of fused-ring (bicyclic) bond motifs is 5. The molecule has 6 heteroatoms. The van der Waals surface area contributed by atoms with Crippen molar-refractivity contribution in [3.8, 4) is 0 Å². The third-order valence-electron chi connectivity index (χ3n) is 12.5. The van der Waals surface area contributed by atoms with E-state index >= 15 is 0 Å². The summed E-state index contributed by atoms with van der Waals surface area (Å²) in [6, 6.07) is 0.0922. The first-order valence-electron chi connectivity index (χ1n) is 16.3. The zero-order valence-electron chi connectivity index (χ0n) is 25.7. The van der Waals surface area contributed by atoms with Gasteiger partial charge in [0.15, 0.2) is 0 Å². The van der Waals surface area contributed by atoms with Gasteiger partial charge in [-0.15, -0.1) is 0 Å². The maximum Gasteiger partial charge on any atom is 0.404 e. The van der Waals surface area contributed by atoms with Gasteiger partial charge in [0.05, 0.1) is 19.0 Å². The normalized spacial score (nSPS) is 38.6. The van der Waals surface area contributed by atoms with Crippen molar-refractivity contribution < 1.29 is 14.6 Å². The Balaban J connectivity index is 1.41. The van der Waals surface area contributed by atoms with E-state index < -0.39 is 6.09 Å². The number of primary amides is 1. The summed E-state index contributed by atoms with van der Waals surface area (Å²) < 4.78 is 7.43. The number of rotatable bonds is 10. The van der Waals surface area contributed by atoms with Crippen LogP contribution in [0.3, 0.4) is 0 Å². The van der Waals surface area contributed by atoms with Gasteiger partial charge in [-0.3, -0.25) is 0 Å². The van der Waals surface area contributed by atoms with Crippen molar-refractivity contribution in [3.63, 3.8) is 0 Å². The van der Waals surface area contributed by atoms with Crippen LogP contribution in [-0.2, 0) is 4.74 Å². The summed E-state index contributed by atoms with van der Waals surface area (Å²) in [6.07, 6.45) is 20.1. The van der Waals surface area contributed by atoms with Gasteiger partial charge in [-0.25, -0.2) is 9.78 Å².